The Balaban J connectivity index is 1.32. The lowest BCUT2D eigenvalue weighted by atomic mass is 9.93. The van der Waals surface area contributed by atoms with Crippen molar-refractivity contribution in [2.24, 2.45) is 0 Å². The molecule has 176 valence electrons. The molecule has 1 aliphatic carbocycles. The summed E-state index contributed by atoms with van der Waals surface area (Å²) in [6, 6.07) is 9.45. The van der Waals surface area contributed by atoms with Gasteiger partial charge in [-0.25, -0.2) is 4.98 Å². The van der Waals surface area contributed by atoms with Gasteiger partial charge in [0.1, 0.15) is 4.83 Å². The molecule has 4 aromatic rings. The number of fused-ring (bicyclic) bond motifs is 3. The van der Waals surface area contributed by atoms with E-state index >= 15 is 0 Å². The summed E-state index contributed by atoms with van der Waals surface area (Å²) in [5.74, 6) is 0. The zero-order chi connectivity index (χ0) is 23.7. The average Bonchev–Trinajstić information content (AvgIpc) is 3.20. The molecular formula is C25H23F3N4OS. The van der Waals surface area contributed by atoms with Gasteiger partial charge < -0.3 is 5.32 Å². The number of nitrogens with one attached hydrogen (secondary N) is 1. The normalized spacial score (nSPS) is 16.0. The highest BCUT2D eigenvalue weighted by atomic mass is 32.1. The lowest BCUT2D eigenvalue weighted by Gasteiger charge is -2.23. The monoisotopic (exact) mass is 484 g/mol. The third-order valence-corrected chi connectivity index (χ3v) is 7.40. The van der Waals surface area contributed by atoms with E-state index in [1.807, 2.05) is 12.1 Å². The molecule has 0 saturated carbocycles. The van der Waals surface area contributed by atoms with E-state index in [-0.39, 0.29) is 12.1 Å². The van der Waals surface area contributed by atoms with Crippen molar-refractivity contribution in [2.45, 2.75) is 44.4 Å². The van der Waals surface area contributed by atoms with Crippen molar-refractivity contribution < 1.29 is 13.2 Å². The summed E-state index contributed by atoms with van der Waals surface area (Å²) in [4.78, 5) is 23.6. The highest BCUT2D eigenvalue weighted by molar-refractivity contribution is 7.18. The van der Waals surface area contributed by atoms with Gasteiger partial charge >= 0.3 is 6.18 Å². The Bertz CT molecular complexity index is 1360. The van der Waals surface area contributed by atoms with E-state index in [1.54, 1.807) is 29.8 Å². The second kappa shape index (κ2) is 9.31. The third kappa shape index (κ3) is 4.76. The van der Waals surface area contributed by atoms with E-state index in [2.05, 4.69) is 15.3 Å². The molecule has 5 rings (SSSR count). The van der Waals surface area contributed by atoms with Crippen LogP contribution in [0.25, 0.3) is 10.2 Å². The molecule has 3 heterocycles. The Labute approximate surface area is 198 Å². The van der Waals surface area contributed by atoms with Crippen LogP contribution in [0.4, 0.5) is 13.2 Å². The number of alkyl halides is 3. The van der Waals surface area contributed by atoms with Crippen LogP contribution in [0, 0.1) is 0 Å². The standard InChI is InChI=1S/C25H23F3N4OS/c26-25(27,28)18-3-1-2-17(12-18)14-32-15-31-23-22(24(32)33)20-5-4-19(13-21(20)34-23)30-11-8-16-6-9-29-10-7-16/h1-3,6-7,9-10,12,15,19,30H,4-5,8,11,13-14H2. The molecule has 3 aromatic heterocycles. The molecular weight excluding hydrogens is 461 g/mol. The molecule has 1 unspecified atom stereocenters. The first-order chi connectivity index (χ1) is 16.4. The van der Waals surface area contributed by atoms with Gasteiger partial charge in [-0.05, 0) is 73.2 Å². The molecule has 0 bridgehead atoms. The minimum atomic E-state index is -4.42. The lowest BCUT2D eigenvalue weighted by Crippen LogP contribution is -2.35. The highest BCUT2D eigenvalue weighted by Gasteiger charge is 2.30. The van der Waals surface area contributed by atoms with Crippen molar-refractivity contribution in [3.63, 3.8) is 0 Å². The number of nitrogens with zero attached hydrogens (tertiary/aromatic N) is 3. The first-order valence-electron chi connectivity index (χ1n) is 11.2. The van der Waals surface area contributed by atoms with Crippen LogP contribution in [0.1, 0.15) is 33.6 Å². The van der Waals surface area contributed by atoms with Crippen molar-refractivity contribution in [1.29, 1.82) is 0 Å². The molecule has 0 aliphatic heterocycles. The van der Waals surface area contributed by atoms with E-state index in [9.17, 15) is 18.0 Å². The fraction of sp³-hybridized carbons (Fsp3) is 0.320. The molecule has 34 heavy (non-hydrogen) atoms. The van der Waals surface area contributed by atoms with E-state index < -0.39 is 11.7 Å². The first-order valence-corrected chi connectivity index (χ1v) is 12.0. The minimum absolute atomic E-state index is 0.0511. The predicted octanol–water partition coefficient (Wildman–Crippen LogP) is 4.61. The smallest absolute Gasteiger partial charge is 0.313 e. The lowest BCUT2D eigenvalue weighted by molar-refractivity contribution is -0.137. The number of pyridine rings is 1. The molecule has 0 radical (unpaired) electrons. The molecule has 0 amide bonds. The van der Waals surface area contributed by atoms with Crippen LogP contribution in [0.2, 0.25) is 0 Å². The predicted molar refractivity (Wildman–Crippen MR) is 126 cm³/mol. The Hall–Kier alpha value is -3.04. The molecule has 1 N–H and O–H groups in total. The largest absolute Gasteiger partial charge is 0.416 e. The molecule has 5 nitrogen and oxygen atoms in total. The second-order valence-electron chi connectivity index (χ2n) is 8.56. The van der Waals surface area contributed by atoms with Gasteiger partial charge in [0.15, 0.2) is 0 Å². The van der Waals surface area contributed by atoms with Crippen molar-refractivity contribution in [3.8, 4) is 0 Å². The van der Waals surface area contributed by atoms with Crippen LogP contribution in [-0.4, -0.2) is 27.1 Å². The van der Waals surface area contributed by atoms with Crippen LogP contribution in [0.5, 0.6) is 0 Å². The highest BCUT2D eigenvalue weighted by Crippen LogP contribution is 2.34. The van der Waals surface area contributed by atoms with Gasteiger partial charge in [-0.3, -0.25) is 14.3 Å². The van der Waals surface area contributed by atoms with Gasteiger partial charge in [0.05, 0.1) is 23.8 Å². The fourth-order valence-corrected chi connectivity index (χ4v) is 5.76. The van der Waals surface area contributed by atoms with Crippen molar-refractivity contribution >= 4 is 21.6 Å². The summed E-state index contributed by atoms with van der Waals surface area (Å²) in [5, 5.41) is 4.24. The van der Waals surface area contributed by atoms with E-state index in [1.165, 1.54) is 27.4 Å². The van der Waals surface area contributed by atoms with Gasteiger partial charge in [0.2, 0.25) is 0 Å². The quantitative estimate of drug-likeness (QED) is 0.434. The number of hydrogen-bond donors (Lipinski definition) is 1. The van der Waals surface area contributed by atoms with Crippen molar-refractivity contribution in [1.82, 2.24) is 19.9 Å². The Morgan fingerprint density at radius 3 is 2.76 bits per heavy atom. The maximum absolute atomic E-state index is 13.2. The van der Waals surface area contributed by atoms with Crippen molar-refractivity contribution in [2.75, 3.05) is 6.54 Å². The Morgan fingerprint density at radius 2 is 1.97 bits per heavy atom. The molecule has 1 atom stereocenters. The summed E-state index contributed by atoms with van der Waals surface area (Å²) in [7, 11) is 0. The van der Waals surface area contributed by atoms with Gasteiger partial charge in [-0.15, -0.1) is 11.3 Å². The minimum Gasteiger partial charge on any atom is -0.313 e. The maximum Gasteiger partial charge on any atom is 0.416 e. The number of thiophene rings is 1. The summed E-state index contributed by atoms with van der Waals surface area (Å²) >= 11 is 1.55. The van der Waals surface area contributed by atoms with Crippen LogP contribution >= 0.6 is 11.3 Å². The van der Waals surface area contributed by atoms with Crippen LogP contribution < -0.4 is 10.9 Å². The molecule has 0 fully saturated rings. The summed E-state index contributed by atoms with van der Waals surface area (Å²) in [6.45, 7) is 0.923. The number of aromatic nitrogens is 3. The summed E-state index contributed by atoms with van der Waals surface area (Å²) in [5.41, 5.74) is 1.79. The van der Waals surface area contributed by atoms with E-state index in [0.717, 1.165) is 49.9 Å². The average molecular weight is 485 g/mol. The fourth-order valence-electron chi connectivity index (χ4n) is 4.50. The Kier molecular flexibility index (Phi) is 6.22. The van der Waals surface area contributed by atoms with Gasteiger partial charge in [-0.1, -0.05) is 12.1 Å². The van der Waals surface area contributed by atoms with Gasteiger partial charge in [-0.2, -0.15) is 13.2 Å². The van der Waals surface area contributed by atoms with Crippen LogP contribution in [0.3, 0.4) is 0 Å². The summed E-state index contributed by atoms with van der Waals surface area (Å²) < 4.78 is 40.6. The number of halogens is 3. The third-order valence-electron chi connectivity index (χ3n) is 6.24. The number of rotatable bonds is 6. The Morgan fingerprint density at radius 1 is 1.15 bits per heavy atom. The second-order valence-corrected chi connectivity index (χ2v) is 9.64. The molecule has 9 heteroatoms. The van der Waals surface area contributed by atoms with Gasteiger partial charge in [0, 0.05) is 23.3 Å². The molecule has 0 spiro atoms. The van der Waals surface area contributed by atoms with Gasteiger partial charge in [0.25, 0.3) is 5.56 Å². The number of hydrogen-bond acceptors (Lipinski definition) is 5. The maximum atomic E-state index is 13.2. The SMILES string of the molecule is O=c1c2c3c(sc2ncn1Cc1cccc(C(F)(F)F)c1)CC(NCCc1ccncc1)CC3. The van der Waals surface area contributed by atoms with E-state index in [4.69, 9.17) is 0 Å². The topological polar surface area (TPSA) is 59.8 Å². The molecule has 1 aromatic carbocycles. The summed E-state index contributed by atoms with van der Waals surface area (Å²) in [6.07, 6.45) is 4.11. The first kappa shape index (κ1) is 22.7. The van der Waals surface area contributed by atoms with E-state index in [0.29, 0.717) is 21.8 Å². The zero-order valence-corrected chi connectivity index (χ0v) is 19.1. The zero-order valence-electron chi connectivity index (χ0n) is 18.3. The van der Waals surface area contributed by atoms with Crippen LogP contribution in [-0.2, 0) is 32.0 Å². The van der Waals surface area contributed by atoms with Crippen molar-refractivity contribution in [3.05, 3.63) is 92.6 Å². The number of aryl methyl sites for hydroxylation is 1. The molecule has 1 aliphatic rings. The molecule has 0 saturated heterocycles. The number of benzene rings is 1. The van der Waals surface area contributed by atoms with Crippen LogP contribution in [0.15, 0.2) is 59.9 Å².